The summed E-state index contributed by atoms with van der Waals surface area (Å²) in [5, 5.41) is 0. The van der Waals surface area contributed by atoms with Crippen LogP contribution in [0.5, 0.6) is 0 Å². The third-order valence-corrected chi connectivity index (χ3v) is 2.10. The van der Waals surface area contributed by atoms with Gasteiger partial charge in [0.2, 0.25) is 11.0 Å². The molecule has 1 aromatic carbocycles. The van der Waals surface area contributed by atoms with Crippen LogP contribution < -0.4 is 0 Å². The monoisotopic (exact) mass is 169 g/mol. The Labute approximate surface area is 67.0 Å². The molecule has 58 valence electrons. The minimum absolute atomic E-state index is 0.450. The van der Waals surface area contributed by atoms with Crippen molar-refractivity contribution in [1.29, 1.82) is 0 Å². The third-order valence-electron chi connectivity index (χ3n) is 1.29. The van der Waals surface area contributed by atoms with Crippen molar-refractivity contribution in [1.82, 2.24) is 0 Å². The van der Waals surface area contributed by atoms with Crippen LogP contribution in [0.3, 0.4) is 0 Å². The fourth-order valence-electron chi connectivity index (χ4n) is 0.698. The Morgan fingerprint density at radius 1 is 1.27 bits per heavy atom. The van der Waals surface area contributed by atoms with Crippen LogP contribution in [0.1, 0.15) is 5.56 Å². The molecule has 0 spiro atoms. The topological polar surface area (TPSA) is 46.5 Å². The summed E-state index contributed by atoms with van der Waals surface area (Å²) in [6, 6.07) is 6.84. The maximum absolute atomic E-state index is 10.8. The molecule has 1 aromatic rings. The van der Waals surface area contributed by atoms with E-state index in [-0.39, 0.29) is 0 Å². The molecule has 0 aliphatic carbocycles. The number of benzene rings is 1. The van der Waals surface area contributed by atoms with Crippen molar-refractivity contribution in [3.8, 4) is 0 Å². The summed E-state index contributed by atoms with van der Waals surface area (Å²) in [5.74, 6) is 0. The van der Waals surface area contributed by atoms with Gasteiger partial charge < -0.3 is 0 Å². The normalized spacial score (nSPS) is 12.5. The molecule has 11 heavy (non-hydrogen) atoms. The second-order valence-corrected chi connectivity index (χ2v) is 3.26. The smallest absolute Gasteiger partial charge is 0.212 e. The standard InChI is InChI=1S/C7H7NO2S/c1-6-2-4-7(5-3-6)11(10)8-9/h2-5H,1H3. The lowest BCUT2D eigenvalue weighted by molar-refractivity contribution is 0.684. The number of hydrogen-bond donors (Lipinski definition) is 0. The van der Waals surface area contributed by atoms with Crippen molar-refractivity contribution in [2.75, 3.05) is 0 Å². The maximum atomic E-state index is 10.8. The van der Waals surface area contributed by atoms with Gasteiger partial charge in [-0.25, -0.2) is 4.21 Å². The molecule has 0 fully saturated rings. The number of hydrogen-bond acceptors (Lipinski definition) is 2. The first-order valence-corrected chi connectivity index (χ1v) is 4.16. The molecule has 1 rings (SSSR count). The molecule has 0 saturated carbocycles. The summed E-state index contributed by atoms with van der Waals surface area (Å²) < 4.78 is 13.2. The van der Waals surface area contributed by atoms with Gasteiger partial charge >= 0.3 is 0 Å². The first-order valence-electron chi connectivity index (χ1n) is 3.06. The van der Waals surface area contributed by atoms with E-state index in [1.807, 2.05) is 6.92 Å². The predicted molar refractivity (Wildman–Crippen MR) is 43.4 cm³/mol. The van der Waals surface area contributed by atoms with Crippen LogP contribution in [0.4, 0.5) is 0 Å². The summed E-state index contributed by atoms with van der Waals surface area (Å²) in [4.78, 5) is 10.3. The van der Waals surface area contributed by atoms with E-state index in [1.165, 1.54) is 0 Å². The van der Waals surface area contributed by atoms with E-state index in [0.29, 0.717) is 4.90 Å². The average Bonchev–Trinajstić information content (AvgIpc) is 2.05. The maximum Gasteiger partial charge on any atom is 0.212 e. The van der Waals surface area contributed by atoms with E-state index >= 15 is 0 Å². The summed E-state index contributed by atoms with van der Waals surface area (Å²) >= 11 is 0. The van der Waals surface area contributed by atoms with Crippen LogP contribution in [0.15, 0.2) is 33.7 Å². The summed E-state index contributed by atoms with van der Waals surface area (Å²) in [6.45, 7) is 1.92. The lowest BCUT2D eigenvalue weighted by Crippen LogP contribution is -1.84. The quantitative estimate of drug-likeness (QED) is 0.633. The van der Waals surface area contributed by atoms with Gasteiger partial charge in [0, 0.05) is 4.58 Å². The largest absolute Gasteiger partial charge is 0.226 e. The molecule has 0 aromatic heterocycles. The fraction of sp³-hybridized carbons (Fsp3) is 0.143. The molecule has 0 amide bonds. The number of rotatable bonds is 2. The van der Waals surface area contributed by atoms with E-state index in [2.05, 4.69) is 4.58 Å². The average molecular weight is 169 g/mol. The van der Waals surface area contributed by atoms with Crippen LogP contribution in [-0.4, -0.2) is 4.21 Å². The van der Waals surface area contributed by atoms with Gasteiger partial charge in [-0.3, -0.25) is 0 Å². The molecule has 0 heterocycles. The number of nitroso groups, excluding NO2 is 1. The van der Waals surface area contributed by atoms with Gasteiger partial charge in [0.25, 0.3) is 0 Å². The number of aryl methyl sites for hydroxylation is 1. The van der Waals surface area contributed by atoms with E-state index in [4.69, 9.17) is 0 Å². The first kappa shape index (κ1) is 8.07. The second-order valence-electron chi connectivity index (χ2n) is 2.14. The highest BCUT2D eigenvalue weighted by atomic mass is 32.2. The van der Waals surface area contributed by atoms with Crippen molar-refractivity contribution in [2.45, 2.75) is 11.8 Å². The molecule has 1 unspecified atom stereocenters. The fourth-order valence-corrected chi connectivity index (χ4v) is 1.15. The van der Waals surface area contributed by atoms with E-state index < -0.39 is 11.0 Å². The molecular weight excluding hydrogens is 162 g/mol. The number of nitrogens with zero attached hydrogens (tertiary/aromatic N) is 1. The highest BCUT2D eigenvalue weighted by Gasteiger charge is 2.00. The van der Waals surface area contributed by atoms with Crippen molar-refractivity contribution in [2.24, 2.45) is 4.58 Å². The Bertz CT molecular complexity index is 281. The summed E-state index contributed by atoms with van der Waals surface area (Å²) in [7, 11) is -1.73. The Hall–Kier alpha value is -1.03. The van der Waals surface area contributed by atoms with Crippen molar-refractivity contribution >= 4 is 11.0 Å². The molecule has 0 aliphatic heterocycles. The molecule has 0 aliphatic rings. The third kappa shape index (κ3) is 1.94. The van der Waals surface area contributed by atoms with Crippen LogP contribution in [0.2, 0.25) is 0 Å². The molecule has 4 heteroatoms. The van der Waals surface area contributed by atoms with Gasteiger partial charge in [-0.2, -0.15) is 0 Å². The van der Waals surface area contributed by atoms with Gasteiger partial charge in [-0.1, -0.05) is 17.7 Å². The summed E-state index contributed by atoms with van der Waals surface area (Å²) in [5.41, 5.74) is 1.07. The van der Waals surface area contributed by atoms with Gasteiger partial charge in [0.05, 0.1) is 4.90 Å². The first-order chi connectivity index (χ1) is 5.24. The Morgan fingerprint density at radius 2 is 1.82 bits per heavy atom. The highest BCUT2D eigenvalue weighted by molar-refractivity contribution is 7.83. The van der Waals surface area contributed by atoms with Crippen molar-refractivity contribution in [3.05, 3.63) is 34.7 Å². The molecule has 0 radical (unpaired) electrons. The van der Waals surface area contributed by atoms with Crippen LogP contribution >= 0.6 is 0 Å². The Kier molecular flexibility index (Phi) is 2.48. The summed E-state index contributed by atoms with van der Waals surface area (Å²) in [6.07, 6.45) is 0. The zero-order valence-electron chi connectivity index (χ0n) is 5.98. The van der Waals surface area contributed by atoms with E-state index in [0.717, 1.165) is 5.56 Å². The molecule has 0 saturated heterocycles. The lowest BCUT2D eigenvalue weighted by Gasteiger charge is -1.92. The van der Waals surface area contributed by atoms with Crippen molar-refractivity contribution < 1.29 is 4.21 Å². The van der Waals surface area contributed by atoms with Gasteiger partial charge in [-0.05, 0) is 19.1 Å². The van der Waals surface area contributed by atoms with E-state index in [1.54, 1.807) is 24.3 Å². The van der Waals surface area contributed by atoms with Crippen LogP contribution in [-0.2, 0) is 11.0 Å². The Balaban J connectivity index is 2.98. The van der Waals surface area contributed by atoms with Gasteiger partial charge in [0.1, 0.15) is 0 Å². The van der Waals surface area contributed by atoms with Crippen LogP contribution in [0, 0.1) is 11.8 Å². The predicted octanol–water partition coefficient (Wildman–Crippen LogP) is 1.78. The van der Waals surface area contributed by atoms with E-state index in [9.17, 15) is 9.12 Å². The minimum atomic E-state index is -1.73. The lowest BCUT2D eigenvalue weighted by atomic mass is 10.2. The SMILES string of the molecule is Cc1ccc(S(=O)N=O)cc1. The van der Waals surface area contributed by atoms with Crippen molar-refractivity contribution in [3.63, 3.8) is 0 Å². The van der Waals surface area contributed by atoms with Crippen LogP contribution in [0.25, 0.3) is 0 Å². The highest BCUT2D eigenvalue weighted by Crippen LogP contribution is 2.08. The molecule has 3 nitrogen and oxygen atoms in total. The molecule has 0 N–H and O–H groups in total. The minimum Gasteiger partial charge on any atom is -0.226 e. The molecule has 0 bridgehead atoms. The second kappa shape index (κ2) is 3.39. The molecule has 1 atom stereocenters. The Morgan fingerprint density at radius 3 is 2.27 bits per heavy atom. The van der Waals surface area contributed by atoms with Gasteiger partial charge in [-0.15, -0.1) is 4.91 Å². The molecular formula is C7H7NO2S. The zero-order valence-corrected chi connectivity index (χ0v) is 6.80. The zero-order chi connectivity index (χ0) is 8.27. The van der Waals surface area contributed by atoms with Gasteiger partial charge in [0.15, 0.2) is 0 Å².